The van der Waals surface area contributed by atoms with Gasteiger partial charge >= 0.3 is 6.03 Å². The van der Waals surface area contributed by atoms with E-state index in [0.717, 1.165) is 15.7 Å². The third-order valence-electron chi connectivity index (χ3n) is 4.71. The molecule has 3 aromatic rings. The number of benzene rings is 3. The Kier molecular flexibility index (Phi) is 5.25. The van der Waals surface area contributed by atoms with Crippen molar-refractivity contribution in [3.05, 3.63) is 76.8 Å². The van der Waals surface area contributed by atoms with Crippen molar-refractivity contribution in [1.82, 2.24) is 5.32 Å². The van der Waals surface area contributed by atoms with Gasteiger partial charge in [-0.05, 0) is 54.1 Å². The van der Waals surface area contributed by atoms with E-state index in [1.54, 1.807) is 18.2 Å². The average molecular weight is 421 g/mol. The second-order valence-electron chi connectivity index (χ2n) is 6.57. The highest BCUT2D eigenvalue weighted by atomic mass is 35.5. The highest BCUT2D eigenvalue weighted by molar-refractivity contribution is 6.39. The number of imide groups is 2. The molecule has 6 nitrogen and oxygen atoms in total. The first kappa shape index (κ1) is 19.7. The van der Waals surface area contributed by atoms with E-state index in [1.165, 1.54) is 18.2 Å². The summed E-state index contributed by atoms with van der Waals surface area (Å²) in [5.74, 6) is -0.939. The van der Waals surface area contributed by atoms with Crippen LogP contribution in [0.25, 0.3) is 16.8 Å². The Morgan fingerprint density at radius 2 is 1.73 bits per heavy atom. The summed E-state index contributed by atoms with van der Waals surface area (Å²) in [6.45, 7) is 2.27. The van der Waals surface area contributed by atoms with Crippen molar-refractivity contribution in [2.24, 2.45) is 0 Å². The molecule has 1 N–H and O–H groups in total. The molecule has 1 saturated heterocycles. The normalized spacial score (nSPS) is 15.6. The average Bonchev–Trinajstić information content (AvgIpc) is 2.73. The minimum atomic E-state index is -0.813. The molecular weight excluding hydrogens is 404 g/mol. The molecule has 0 saturated carbocycles. The number of amides is 4. The van der Waals surface area contributed by atoms with Crippen molar-refractivity contribution in [2.45, 2.75) is 6.92 Å². The van der Waals surface area contributed by atoms with Crippen molar-refractivity contribution in [3.8, 4) is 5.75 Å². The molecular formula is C23H17ClN2O4. The van der Waals surface area contributed by atoms with Gasteiger partial charge in [0, 0.05) is 10.6 Å². The Bertz CT molecular complexity index is 1200. The maximum Gasteiger partial charge on any atom is 0.335 e. The summed E-state index contributed by atoms with van der Waals surface area (Å²) in [6.07, 6.45) is 1.47. The lowest BCUT2D eigenvalue weighted by molar-refractivity contribution is -0.122. The monoisotopic (exact) mass is 420 g/mol. The molecule has 7 heteroatoms. The number of rotatable bonds is 4. The third kappa shape index (κ3) is 3.53. The lowest BCUT2D eigenvalue weighted by atomic mass is 9.99. The van der Waals surface area contributed by atoms with E-state index in [1.807, 2.05) is 37.3 Å². The number of urea groups is 1. The van der Waals surface area contributed by atoms with Crippen LogP contribution >= 0.6 is 11.6 Å². The van der Waals surface area contributed by atoms with E-state index in [9.17, 15) is 14.4 Å². The molecule has 0 spiro atoms. The summed E-state index contributed by atoms with van der Waals surface area (Å²) >= 11 is 5.90. The SMILES string of the molecule is CCOc1ccc2ccccc2c1/C=C1\C(=O)NC(=O)N(c2ccc(Cl)cc2)C1=O. The van der Waals surface area contributed by atoms with Gasteiger partial charge in [0.05, 0.1) is 12.3 Å². The fourth-order valence-corrected chi connectivity index (χ4v) is 3.46. The van der Waals surface area contributed by atoms with E-state index in [2.05, 4.69) is 5.32 Å². The van der Waals surface area contributed by atoms with Crippen LogP contribution in [0.15, 0.2) is 66.2 Å². The van der Waals surface area contributed by atoms with Gasteiger partial charge in [-0.3, -0.25) is 14.9 Å². The largest absolute Gasteiger partial charge is 0.493 e. The topological polar surface area (TPSA) is 75.7 Å². The molecule has 1 aliphatic rings. The first-order valence-corrected chi connectivity index (χ1v) is 9.69. The van der Waals surface area contributed by atoms with E-state index in [-0.39, 0.29) is 5.57 Å². The molecule has 4 amide bonds. The van der Waals surface area contributed by atoms with Crippen LogP contribution in [0, 0.1) is 0 Å². The zero-order valence-electron chi connectivity index (χ0n) is 16.0. The zero-order chi connectivity index (χ0) is 21.3. The van der Waals surface area contributed by atoms with Crippen LogP contribution in [-0.4, -0.2) is 24.5 Å². The number of nitrogens with one attached hydrogen (secondary N) is 1. The first-order chi connectivity index (χ1) is 14.5. The Morgan fingerprint density at radius 1 is 1.00 bits per heavy atom. The van der Waals surface area contributed by atoms with E-state index < -0.39 is 17.8 Å². The van der Waals surface area contributed by atoms with Crippen molar-refractivity contribution < 1.29 is 19.1 Å². The molecule has 1 fully saturated rings. The molecule has 150 valence electrons. The number of ether oxygens (including phenoxy) is 1. The van der Waals surface area contributed by atoms with Gasteiger partial charge in [0.2, 0.25) is 0 Å². The molecule has 0 aromatic heterocycles. The van der Waals surface area contributed by atoms with Gasteiger partial charge in [0.15, 0.2) is 0 Å². The number of hydrogen-bond acceptors (Lipinski definition) is 4. The van der Waals surface area contributed by atoms with Crippen LogP contribution < -0.4 is 15.0 Å². The highest BCUT2D eigenvalue weighted by Gasteiger charge is 2.37. The third-order valence-corrected chi connectivity index (χ3v) is 4.96. The summed E-state index contributed by atoms with van der Waals surface area (Å²) in [5.41, 5.74) is 0.740. The molecule has 4 rings (SSSR count). The standard InChI is InChI=1S/C23H17ClN2O4/c1-2-30-20-12-7-14-5-3-4-6-17(14)18(20)13-19-21(27)25-23(29)26(22(19)28)16-10-8-15(24)9-11-16/h3-13H,2H2,1H3,(H,25,27,29)/b19-13+. The minimum absolute atomic E-state index is 0.165. The van der Waals surface area contributed by atoms with E-state index >= 15 is 0 Å². The number of anilines is 1. The first-order valence-electron chi connectivity index (χ1n) is 9.31. The van der Waals surface area contributed by atoms with E-state index in [4.69, 9.17) is 16.3 Å². The van der Waals surface area contributed by atoms with Gasteiger partial charge in [-0.1, -0.05) is 41.9 Å². The molecule has 1 heterocycles. The number of nitrogens with zero attached hydrogens (tertiary/aromatic N) is 1. The van der Waals surface area contributed by atoms with Crippen molar-refractivity contribution in [3.63, 3.8) is 0 Å². The molecule has 0 bridgehead atoms. The van der Waals surface area contributed by atoms with Gasteiger partial charge in [0.1, 0.15) is 11.3 Å². The van der Waals surface area contributed by atoms with Crippen molar-refractivity contribution in [1.29, 1.82) is 0 Å². The van der Waals surface area contributed by atoms with Crippen molar-refractivity contribution in [2.75, 3.05) is 11.5 Å². The maximum atomic E-state index is 13.1. The molecule has 0 aliphatic carbocycles. The number of carbonyl (C=O) groups excluding carboxylic acids is 3. The van der Waals surface area contributed by atoms with Gasteiger partial charge in [-0.15, -0.1) is 0 Å². The fraction of sp³-hybridized carbons (Fsp3) is 0.0870. The smallest absolute Gasteiger partial charge is 0.335 e. The summed E-state index contributed by atoms with van der Waals surface area (Å²) in [5, 5.41) is 4.45. The summed E-state index contributed by atoms with van der Waals surface area (Å²) < 4.78 is 5.72. The number of barbiturate groups is 1. The number of halogens is 1. The summed E-state index contributed by atoms with van der Waals surface area (Å²) in [7, 11) is 0. The Hall–Kier alpha value is -3.64. The highest BCUT2D eigenvalue weighted by Crippen LogP contribution is 2.32. The molecule has 3 aromatic carbocycles. The number of carbonyl (C=O) groups is 3. The molecule has 0 atom stereocenters. The van der Waals surface area contributed by atoms with Gasteiger partial charge in [-0.25, -0.2) is 9.69 Å². The Morgan fingerprint density at radius 3 is 2.47 bits per heavy atom. The predicted molar refractivity (Wildman–Crippen MR) is 116 cm³/mol. The van der Waals surface area contributed by atoms with Gasteiger partial charge in [-0.2, -0.15) is 0 Å². The molecule has 30 heavy (non-hydrogen) atoms. The van der Waals surface area contributed by atoms with Crippen LogP contribution in [0.2, 0.25) is 5.02 Å². The van der Waals surface area contributed by atoms with Crippen LogP contribution in [0.1, 0.15) is 12.5 Å². The number of hydrogen-bond donors (Lipinski definition) is 1. The molecule has 0 radical (unpaired) electrons. The van der Waals surface area contributed by atoms with Crippen LogP contribution in [0.3, 0.4) is 0 Å². The Balaban J connectivity index is 1.85. The fourth-order valence-electron chi connectivity index (χ4n) is 3.33. The van der Waals surface area contributed by atoms with Crippen LogP contribution in [-0.2, 0) is 9.59 Å². The second kappa shape index (κ2) is 8.00. The summed E-state index contributed by atoms with van der Waals surface area (Å²) in [4.78, 5) is 39.0. The van der Waals surface area contributed by atoms with Crippen LogP contribution in [0.4, 0.5) is 10.5 Å². The minimum Gasteiger partial charge on any atom is -0.493 e. The van der Waals surface area contributed by atoms with E-state index in [0.29, 0.717) is 28.6 Å². The second-order valence-corrected chi connectivity index (χ2v) is 7.00. The maximum absolute atomic E-state index is 13.1. The van der Waals surface area contributed by atoms with Gasteiger partial charge < -0.3 is 4.74 Å². The van der Waals surface area contributed by atoms with Crippen LogP contribution in [0.5, 0.6) is 5.75 Å². The quantitative estimate of drug-likeness (QED) is 0.496. The molecule has 0 unspecified atom stereocenters. The molecule has 1 aliphatic heterocycles. The van der Waals surface area contributed by atoms with Gasteiger partial charge in [0.25, 0.3) is 11.8 Å². The van der Waals surface area contributed by atoms with Crippen molar-refractivity contribution >= 4 is 52.0 Å². The zero-order valence-corrected chi connectivity index (χ0v) is 16.8. The number of fused-ring (bicyclic) bond motifs is 1. The summed E-state index contributed by atoms with van der Waals surface area (Å²) in [6, 6.07) is 16.7. The predicted octanol–water partition coefficient (Wildman–Crippen LogP) is 4.56. The Labute approximate surface area is 177 Å². The lowest BCUT2D eigenvalue weighted by Gasteiger charge is -2.26. The lowest BCUT2D eigenvalue weighted by Crippen LogP contribution is -2.54.